The highest BCUT2D eigenvalue weighted by Crippen LogP contribution is 2.12. The van der Waals surface area contributed by atoms with Crippen LogP contribution in [0.2, 0.25) is 0 Å². The number of unbranched alkanes of at least 4 members (excludes halogenated alkanes) is 2. The number of nitrogens with zero attached hydrogens (tertiary/aromatic N) is 2. The van der Waals surface area contributed by atoms with Crippen LogP contribution < -0.4 is 5.32 Å². The number of ether oxygens (including phenoxy) is 1. The molecule has 0 aromatic heterocycles. The number of hydrogen-bond donors (Lipinski definition) is 1. The van der Waals surface area contributed by atoms with Crippen molar-refractivity contribution in [3.8, 4) is 0 Å². The second-order valence-electron chi connectivity index (χ2n) is 6.52. The van der Waals surface area contributed by atoms with Crippen LogP contribution in [0.1, 0.15) is 53.8 Å². The maximum atomic E-state index is 12.7. The summed E-state index contributed by atoms with van der Waals surface area (Å²) in [6.07, 6.45) is 2.79. The van der Waals surface area contributed by atoms with Gasteiger partial charge in [-0.25, -0.2) is 4.79 Å². The van der Waals surface area contributed by atoms with Crippen LogP contribution in [0.25, 0.3) is 0 Å². The van der Waals surface area contributed by atoms with E-state index in [1.165, 1.54) is 0 Å². The van der Waals surface area contributed by atoms with Crippen LogP contribution in [0.3, 0.4) is 0 Å². The van der Waals surface area contributed by atoms with E-state index in [9.17, 15) is 14.4 Å². The van der Waals surface area contributed by atoms with Gasteiger partial charge in [-0.2, -0.15) is 0 Å². The van der Waals surface area contributed by atoms with Crippen molar-refractivity contribution >= 4 is 17.9 Å². The van der Waals surface area contributed by atoms with Gasteiger partial charge in [0.25, 0.3) is 11.8 Å². The van der Waals surface area contributed by atoms with Crippen molar-refractivity contribution in [2.75, 3.05) is 39.3 Å². The Morgan fingerprint density at radius 1 is 1.00 bits per heavy atom. The lowest BCUT2D eigenvalue weighted by molar-refractivity contribution is 0.0570. The lowest BCUT2D eigenvalue weighted by Gasteiger charge is -2.34. The summed E-state index contributed by atoms with van der Waals surface area (Å²) in [5.41, 5.74) is 0.975. The molecule has 0 atom stereocenters. The SMILES string of the molecule is CCCCCNC(=O)c1cccc(C(=O)N2CCN(C(=O)OCC)CC2)c1. The zero-order valence-electron chi connectivity index (χ0n) is 16.2. The summed E-state index contributed by atoms with van der Waals surface area (Å²) in [5, 5.41) is 2.89. The first-order valence-corrected chi connectivity index (χ1v) is 9.66. The Kier molecular flexibility index (Phi) is 8.10. The van der Waals surface area contributed by atoms with Gasteiger partial charge in [-0.15, -0.1) is 0 Å². The van der Waals surface area contributed by atoms with Crippen LogP contribution in [-0.4, -0.2) is 67.0 Å². The molecule has 1 aliphatic heterocycles. The van der Waals surface area contributed by atoms with E-state index in [2.05, 4.69) is 12.2 Å². The van der Waals surface area contributed by atoms with E-state index in [0.29, 0.717) is 50.5 Å². The average molecular weight is 375 g/mol. The number of nitrogens with one attached hydrogen (secondary N) is 1. The molecule has 27 heavy (non-hydrogen) atoms. The molecule has 0 radical (unpaired) electrons. The smallest absolute Gasteiger partial charge is 0.409 e. The first-order chi connectivity index (χ1) is 13.1. The summed E-state index contributed by atoms with van der Waals surface area (Å²) in [6, 6.07) is 6.79. The Bertz CT molecular complexity index is 654. The van der Waals surface area contributed by atoms with Crippen molar-refractivity contribution in [1.29, 1.82) is 0 Å². The van der Waals surface area contributed by atoms with E-state index in [0.717, 1.165) is 19.3 Å². The Morgan fingerprint density at radius 2 is 1.67 bits per heavy atom. The summed E-state index contributed by atoms with van der Waals surface area (Å²) >= 11 is 0. The van der Waals surface area contributed by atoms with Gasteiger partial charge in [-0.1, -0.05) is 25.8 Å². The van der Waals surface area contributed by atoms with Gasteiger partial charge in [0.2, 0.25) is 0 Å². The topological polar surface area (TPSA) is 79.0 Å². The highest BCUT2D eigenvalue weighted by molar-refractivity contribution is 5.99. The molecular weight excluding hydrogens is 346 g/mol. The third kappa shape index (κ3) is 5.98. The van der Waals surface area contributed by atoms with Crippen molar-refractivity contribution < 1.29 is 19.1 Å². The fourth-order valence-corrected chi connectivity index (χ4v) is 2.96. The van der Waals surface area contributed by atoms with Crippen molar-refractivity contribution in [3.05, 3.63) is 35.4 Å². The fourth-order valence-electron chi connectivity index (χ4n) is 2.96. The molecule has 1 aromatic carbocycles. The Hall–Kier alpha value is -2.57. The standard InChI is InChI=1S/C20H29N3O4/c1-3-5-6-10-21-18(24)16-8-7-9-17(15-16)19(25)22-11-13-23(14-12-22)20(26)27-4-2/h7-9,15H,3-6,10-14H2,1-2H3,(H,21,24). The van der Waals surface area contributed by atoms with E-state index in [-0.39, 0.29) is 17.9 Å². The highest BCUT2D eigenvalue weighted by atomic mass is 16.6. The molecule has 0 spiro atoms. The van der Waals surface area contributed by atoms with Crippen LogP contribution in [-0.2, 0) is 4.74 Å². The zero-order chi connectivity index (χ0) is 19.6. The summed E-state index contributed by atoms with van der Waals surface area (Å²) in [5.74, 6) is -0.285. The Morgan fingerprint density at radius 3 is 2.33 bits per heavy atom. The van der Waals surface area contributed by atoms with Gasteiger partial charge in [-0.3, -0.25) is 9.59 Å². The number of carbonyl (C=O) groups is 3. The van der Waals surface area contributed by atoms with Crippen LogP contribution in [0.5, 0.6) is 0 Å². The van der Waals surface area contributed by atoms with Crippen LogP contribution >= 0.6 is 0 Å². The third-order valence-corrected chi connectivity index (χ3v) is 4.53. The molecule has 1 saturated heterocycles. The van der Waals surface area contributed by atoms with Crippen LogP contribution in [0.15, 0.2) is 24.3 Å². The Balaban J connectivity index is 1.91. The lowest BCUT2D eigenvalue weighted by atomic mass is 10.1. The summed E-state index contributed by atoms with van der Waals surface area (Å²) in [7, 11) is 0. The van der Waals surface area contributed by atoms with Crippen molar-refractivity contribution in [2.45, 2.75) is 33.1 Å². The van der Waals surface area contributed by atoms with Gasteiger partial charge < -0.3 is 19.9 Å². The molecule has 1 aromatic rings. The van der Waals surface area contributed by atoms with Crippen LogP contribution in [0.4, 0.5) is 4.79 Å². The number of piperazine rings is 1. The normalized spacial score (nSPS) is 14.0. The minimum atomic E-state index is -0.341. The third-order valence-electron chi connectivity index (χ3n) is 4.53. The number of carbonyl (C=O) groups excluding carboxylic acids is 3. The number of benzene rings is 1. The predicted octanol–water partition coefficient (Wildman–Crippen LogP) is 2.52. The zero-order valence-corrected chi connectivity index (χ0v) is 16.2. The lowest BCUT2D eigenvalue weighted by Crippen LogP contribution is -2.50. The molecule has 0 bridgehead atoms. The van der Waals surface area contributed by atoms with E-state index in [1.807, 2.05) is 0 Å². The molecule has 3 amide bonds. The maximum absolute atomic E-state index is 12.7. The first-order valence-electron chi connectivity index (χ1n) is 9.66. The van der Waals surface area contributed by atoms with Crippen molar-refractivity contribution in [1.82, 2.24) is 15.1 Å². The van der Waals surface area contributed by atoms with Gasteiger partial charge in [0.05, 0.1) is 6.61 Å². The number of amides is 3. The summed E-state index contributed by atoms with van der Waals surface area (Å²) in [4.78, 5) is 40.0. The predicted molar refractivity (Wildman–Crippen MR) is 103 cm³/mol. The molecule has 0 saturated carbocycles. The largest absolute Gasteiger partial charge is 0.450 e. The van der Waals surface area contributed by atoms with Gasteiger partial charge in [0.15, 0.2) is 0 Å². The molecular formula is C20H29N3O4. The van der Waals surface area contributed by atoms with Gasteiger partial charge in [0, 0.05) is 43.9 Å². The number of rotatable bonds is 7. The molecule has 1 aliphatic rings. The summed E-state index contributed by atoms with van der Waals surface area (Å²) in [6.45, 7) is 6.65. The van der Waals surface area contributed by atoms with E-state index in [4.69, 9.17) is 4.74 Å². The second kappa shape index (κ2) is 10.5. The second-order valence-corrected chi connectivity index (χ2v) is 6.52. The molecule has 2 rings (SSSR count). The Labute approximate surface area is 160 Å². The first kappa shape index (κ1) is 20.7. The maximum Gasteiger partial charge on any atom is 0.409 e. The molecule has 7 heteroatoms. The van der Waals surface area contributed by atoms with Gasteiger partial charge >= 0.3 is 6.09 Å². The van der Waals surface area contributed by atoms with Crippen molar-refractivity contribution in [2.24, 2.45) is 0 Å². The molecule has 7 nitrogen and oxygen atoms in total. The van der Waals surface area contributed by atoms with Crippen molar-refractivity contribution in [3.63, 3.8) is 0 Å². The average Bonchev–Trinajstić information content (AvgIpc) is 2.71. The summed E-state index contributed by atoms with van der Waals surface area (Å²) < 4.78 is 4.99. The molecule has 1 fully saturated rings. The molecule has 1 N–H and O–H groups in total. The fraction of sp³-hybridized carbons (Fsp3) is 0.550. The van der Waals surface area contributed by atoms with Crippen LogP contribution in [0, 0.1) is 0 Å². The quantitative estimate of drug-likeness (QED) is 0.743. The molecule has 1 heterocycles. The molecule has 148 valence electrons. The van der Waals surface area contributed by atoms with Gasteiger partial charge in [-0.05, 0) is 31.5 Å². The highest BCUT2D eigenvalue weighted by Gasteiger charge is 2.25. The minimum Gasteiger partial charge on any atom is -0.450 e. The number of hydrogen-bond acceptors (Lipinski definition) is 4. The monoisotopic (exact) mass is 375 g/mol. The van der Waals surface area contributed by atoms with E-state index >= 15 is 0 Å². The molecule has 0 unspecified atom stereocenters. The van der Waals surface area contributed by atoms with Gasteiger partial charge in [0.1, 0.15) is 0 Å². The van der Waals surface area contributed by atoms with E-state index < -0.39 is 0 Å². The molecule has 0 aliphatic carbocycles. The van der Waals surface area contributed by atoms with E-state index in [1.54, 1.807) is 41.0 Å². The minimum absolute atomic E-state index is 0.126.